The number of esters is 1. The molecular formula is C11H17NO7. The highest BCUT2D eigenvalue weighted by Crippen LogP contribution is 2.00. The van der Waals surface area contributed by atoms with Crippen molar-refractivity contribution < 1.29 is 34.1 Å². The molecule has 0 bridgehead atoms. The van der Waals surface area contributed by atoms with E-state index in [1.165, 1.54) is 0 Å². The third kappa shape index (κ3) is 10.9. The largest absolute Gasteiger partial charge is 0.481 e. The maximum Gasteiger partial charge on any atom is 0.306 e. The van der Waals surface area contributed by atoms with E-state index in [9.17, 15) is 19.2 Å². The van der Waals surface area contributed by atoms with Gasteiger partial charge in [-0.15, -0.1) is 0 Å². The van der Waals surface area contributed by atoms with Gasteiger partial charge in [0, 0.05) is 12.8 Å². The number of hydrogen-bond donors (Lipinski definition) is 3. The number of rotatable bonds is 5. The highest BCUT2D eigenvalue weighted by atomic mass is 16.5. The van der Waals surface area contributed by atoms with E-state index in [0.717, 1.165) is 0 Å². The summed E-state index contributed by atoms with van der Waals surface area (Å²) in [6, 6.07) is 0. The van der Waals surface area contributed by atoms with Crippen LogP contribution >= 0.6 is 0 Å². The molecule has 1 aliphatic rings. The summed E-state index contributed by atoms with van der Waals surface area (Å²) in [5.74, 6) is -1.91. The molecule has 19 heavy (non-hydrogen) atoms. The molecule has 3 N–H and O–H groups in total. The third-order valence-electron chi connectivity index (χ3n) is 1.98. The molecule has 0 atom stereocenters. The number of hydrogen-bond acceptors (Lipinski definition) is 6. The van der Waals surface area contributed by atoms with Crippen LogP contribution in [0.5, 0.6) is 0 Å². The Morgan fingerprint density at radius 1 is 1.16 bits per heavy atom. The van der Waals surface area contributed by atoms with E-state index in [4.69, 9.17) is 10.2 Å². The number of nitrogens with one attached hydrogen (secondary N) is 1. The Kier molecular flexibility index (Phi) is 8.98. The first-order valence-electron chi connectivity index (χ1n) is 5.76. The summed E-state index contributed by atoms with van der Waals surface area (Å²) < 4.78 is 4.39. The van der Waals surface area contributed by atoms with Crippen molar-refractivity contribution in [2.24, 2.45) is 0 Å². The number of aliphatic hydroxyl groups excluding tert-OH is 1. The van der Waals surface area contributed by atoms with E-state index >= 15 is 0 Å². The van der Waals surface area contributed by atoms with Crippen LogP contribution in [-0.4, -0.2) is 47.2 Å². The summed E-state index contributed by atoms with van der Waals surface area (Å²) in [5.41, 5.74) is 0. The van der Waals surface area contributed by atoms with Gasteiger partial charge < -0.3 is 14.9 Å². The fourth-order valence-corrected chi connectivity index (χ4v) is 1.13. The van der Waals surface area contributed by atoms with Crippen molar-refractivity contribution in [3.05, 3.63) is 0 Å². The van der Waals surface area contributed by atoms with Crippen LogP contribution in [0.4, 0.5) is 0 Å². The van der Waals surface area contributed by atoms with Gasteiger partial charge in [-0.3, -0.25) is 24.5 Å². The summed E-state index contributed by atoms with van der Waals surface area (Å²) in [5, 5.41) is 18.5. The van der Waals surface area contributed by atoms with Gasteiger partial charge in [-0.1, -0.05) is 0 Å². The molecule has 1 heterocycles. The summed E-state index contributed by atoms with van der Waals surface area (Å²) in [4.78, 5) is 41.1. The molecule has 8 heteroatoms. The molecular weight excluding hydrogens is 258 g/mol. The van der Waals surface area contributed by atoms with E-state index in [1.807, 2.05) is 0 Å². The van der Waals surface area contributed by atoms with Crippen LogP contribution in [-0.2, 0) is 23.9 Å². The molecule has 1 rings (SSSR count). The number of carboxylic acid groups (broad SMARTS) is 1. The molecule has 2 amide bonds. The van der Waals surface area contributed by atoms with Gasteiger partial charge in [0.15, 0.2) is 0 Å². The minimum atomic E-state index is -1.04. The van der Waals surface area contributed by atoms with Crippen LogP contribution in [0.3, 0.4) is 0 Å². The summed E-state index contributed by atoms with van der Waals surface area (Å²) in [7, 11) is 0. The number of piperidine rings is 1. The lowest BCUT2D eigenvalue weighted by atomic mass is 10.1. The van der Waals surface area contributed by atoms with E-state index in [2.05, 4.69) is 10.1 Å². The Morgan fingerprint density at radius 2 is 1.74 bits per heavy atom. The fraction of sp³-hybridized carbons (Fsp3) is 0.636. The Bertz CT molecular complexity index is 326. The van der Waals surface area contributed by atoms with E-state index in [-0.39, 0.29) is 37.9 Å². The van der Waals surface area contributed by atoms with Crippen molar-refractivity contribution in [2.45, 2.75) is 32.1 Å². The molecule has 0 aromatic rings. The first-order chi connectivity index (χ1) is 8.95. The SMILES string of the molecule is O=C(O)CCC(=O)OCCO.O=C1CCCC(=O)N1. The monoisotopic (exact) mass is 275 g/mol. The van der Waals surface area contributed by atoms with Crippen molar-refractivity contribution in [1.29, 1.82) is 0 Å². The number of carboxylic acids is 1. The second kappa shape index (κ2) is 10.0. The smallest absolute Gasteiger partial charge is 0.306 e. The van der Waals surface area contributed by atoms with Gasteiger partial charge in [-0.2, -0.15) is 0 Å². The predicted octanol–water partition coefficient (Wildman–Crippen LogP) is -0.800. The van der Waals surface area contributed by atoms with E-state index < -0.39 is 11.9 Å². The zero-order chi connectivity index (χ0) is 14.7. The van der Waals surface area contributed by atoms with Crippen molar-refractivity contribution in [2.75, 3.05) is 13.2 Å². The minimum absolute atomic E-state index is 0.0710. The molecule has 0 aromatic carbocycles. The maximum atomic E-state index is 10.5. The fourth-order valence-electron chi connectivity index (χ4n) is 1.13. The van der Waals surface area contributed by atoms with E-state index in [0.29, 0.717) is 19.3 Å². The van der Waals surface area contributed by atoms with Crippen LogP contribution in [0.15, 0.2) is 0 Å². The summed E-state index contributed by atoms with van der Waals surface area (Å²) in [6.07, 6.45) is 1.35. The number of aliphatic hydroxyl groups is 1. The highest BCUT2D eigenvalue weighted by molar-refractivity contribution is 5.97. The number of ether oxygens (including phenoxy) is 1. The first kappa shape index (κ1) is 17.0. The Balaban J connectivity index is 0.000000356. The van der Waals surface area contributed by atoms with Crippen molar-refractivity contribution in [1.82, 2.24) is 5.32 Å². The average Bonchev–Trinajstić information content (AvgIpc) is 2.34. The minimum Gasteiger partial charge on any atom is -0.481 e. The number of amides is 2. The molecule has 1 aliphatic heterocycles. The number of aliphatic carboxylic acids is 1. The molecule has 1 fully saturated rings. The zero-order valence-electron chi connectivity index (χ0n) is 10.4. The third-order valence-corrected chi connectivity index (χ3v) is 1.98. The Hall–Kier alpha value is -1.96. The second-order valence-corrected chi connectivity index (χ2v) is 3.66. The lowest BCUT2D eigenvalue weighted by molar-refractivity contribution is -0.148. The van der Waals surface area contributed by atoms with Gasteiger partial charge in [-0.05, 0) is 6.42 Å². The quantitative estimate of drug-likeness (QED) is 0.442. The normalized spacial score (nSPS) is 13.9. The maximum absolute atomic E-state index is 10.5. The molecule has 0 aromatic heterocycles. The standard InChI is InChI=1S/C6H10O5.C5H7NO2/c7-3-4-11-6(10)2-1-5(8)9;7-4-2-1-3-5(8)6-4/h7H,1-4H2,(H,8,9);1-3H2,(H,6,7,8). The molecule has 8 nitrogen and oxygen atoms in total. The van der Waals surface area contributed by atoms with Gasteiger partial charge in [-0.25, -0.2) is 0 Å². The molecule has 0 unspecified atom stereocenters. The number of carbonyl (C=O) groups excluding carboxylic acids is 3. The Labute approximate surface area is 109 Å². The predicted molar refractivity (Wildman–Crippen MR) is 61.9 cm³/mol. The van der Waals surface area contributed by atoms with Crippen molar-refractivity contribution in [3.63, 3.8) is 0 Å². The van der Waals surface area contributed by atoms with Crippen molar-refractivity contribution in [3.8, 4) is 0 Å². The van der Waals surface area contributed by atoms with Crippen LogP contribution in [0.2, 0.25) is 0 Å². The van der Waals surface area contributed by atoms with Crippen LogP contribution < -0.4 is 5.32 Å². The van der Waals surface area contributed by atoms with Crippen LogP contribution in [0, 0.1) is 0 Å². The summed E-state index contributed by atoms with van der Waals surface area (Å²) in [6.45, 7) is -0.308. The molecule has 108 valence electrons. The number of imide groups is 1. The van der Waals surface area contributed by atoms with Gasteiger partial charge in [0.05, 0.1) is 19.4 Å². The highest BCUT2D eigenvalue weighted by Gasteiger charge is 2.13. The van der Waals surface area contributed by atoms with Gasteiger partial charge in [0.1, 0.15) is 6.61 Å². The lowest BCUT2D eigenvalue weighted by Gasteiger charge is -2.07. The van der Waals surface area contributed by atoms with E-state index in [1.54, 1.807) is 0 Å². The van der Waals surface area contributed by atoms with Gasteiger partial charge in [0.25, 0.3) is 0 Å². The molecule has 0 aliphatic carbocycles. The Morgan fingerprint density at radius 3 is 2.11 bits per heavy atom. The second-order valence-electron chi connectivity index (χ2n) is 3.66. The average molecular weight is 275 g/mol. The molecule has 0 radical (unpaired) electrons. The van der Waals surface area contributed by atoms with Crippen LogP contribution in [0.25, 0.3) is 0 Å². The zero-order valence-corrected chi connectivity index (χ0v) is 10.4. The van der Waals surface area contributed by atoms with Gasteiger partial charge in [0.2, 0.25) is 11.8 Å². The van der Waals surface area contributed by atoms with Gasteiger partial charge >= 0.3 is 11.9 Å². The van der Waals surface area contributed by atoms with Crippen LogP contribution in [0.1, 0.15) is 32.1 Å². The summed E-state index contributed by atoms with van der Waals surface area (Å²) >= 11 is 0. The molecule has 0 spiro atoms. The topological polar surface area (TPSA) is 130 Å². The molecule has 1 saturated heterocycles. The lowest BCUT2D eigenvalue weighted by Crippen LogP contribution is -2.33. The number of carbonyl (C=O) groups is 4. The first-order valence-corrected chi connectivity index (χ1v) is 5.76. The molecule has 0 saturated carbocycles. The van der Waals surface area contributed by atoms with Crippen molar-refractivity contribution >= 4 is 23.8 Å².